The largest absolute Gasteiger partial charge is 0.418 e. The quantitative estimate of drug-likeness (QED) is 0.593. The zero-order valence-electron chi connectivity index (χ0n) is 13.9. The fraction of sp³-hybridized carbons (Fsp3) is 0.294. The van der Waals surface area contributed by atoms with E-state index < -0.39 is 11.6 Å². The Bertz CT molecular complexity index is 1060. The SMILES string of the molecule is O=C1N[C@]2(CCCc3sccc32)C(=O)N1Cc1nnc(-c2ccc(Br)s2)o1. The van der Waals surface area contributed by atoms with E-state index in [0.29, 0.717) is 12.3 Å². The lowest BCUT2D eigenvalue weighted by Crippen LogP contribution is -2.46. The summed E-state index contributed by atoms with van der Waals surface area (Å²) in [6.07, 6.45) is 2.42. The van der Waals surface area contributed by atoms with Crippen molar-refractivity contribution in [3.63, 3.8) is 0 Å². The van der Waals surface area contributed by atoms with E-state index in [-0.39, 0.29) is 18.3 Å². The van der Waals surface area contributed by atoms with Crippen molar-refractivity contribution in [1.82, 2.24) is 20.4 Å². The lowest BCUT2D eigenvalue weighted by atomic mass is 9.80. The summed E-state index contributed by atoms with van der Waals surface area (Å²) in [4.78, 5) is 28.9. The molecule has 1 N–H and O–H groups in total. The Labute approximate surface area is 170 Å². The van der Waals surface area contributed by atoms with Crippen molar-refractivity contribution >= 4 is 50.5 Å². The number of fused-ring (bicyclic) bond motifs is 2. The van der Waals surface area contributed by atoms with Crippen LogP contribution in [0.1, 0.15) is 29.2 Å². The van der Waals surface area contributed by atoms with Crippen LogP contribution in [0, 0.1) is 0 Å². The predicted octanol–water partition coefficient (Wildman–Crippen LogP) is 3.91. The van der Waals surface area contributed by atoms with Gasteiger partial charge in [-0.25, -0.2) is 4.79 Å². The number of imide groups is 1. The van der Waals surface area contributed by atoms with Crippen LogP contribution in [0.2, 0.25) is 0 Å². The van der Waals surface area contributed by atoms with Crippen molar-refractivity contribution in [2.24, 2.45) is 0 Å². The molecule has 2 aliphatic rings. The van der Waals surface area contributed by atoms with Crippen LogP contribution >= 0.6 is 38.6 Å². The minimum Gasteiger partial charge on any atom is -0.418 e. The lowest BCUT2D eigenvalue weighted by molar-refractivity contribution is -0.132. The first-order valence-electron chi connectivity index (χ1n) is 8.36. The average molecular weight is 465 g/mol. The second-order valence-electron chi connectivity index (χ2n) is 6.44. The summed E-state index contributed by atoms with van der Waals surface area (Å²) in [6.45, 7) is -0.0363. The van der Waals surface area contributed by atoms with E-state index in [2.05, 4.69) is 31.4 Å². The summed E-state index contributed by atoms with van der Waals surface area (Å²) in [5, 5.41) is 12.9. The van der Waals surface area contributed by atoms with Crippen LogP contribution in [0.3, 0.4) is 0 Å². The molecular weight excluding hydrogens is 452 g/mol. The molecule has 4 heterocycles. The maximum absolute atomic E-state index is 13.2. The highest BCUT2D eigenvalue weighted by molar-refractivity contribution is 9.11. The molecular formula is C17H13BrN4O3S2. The number of thiophene rings is 2. The first-order valence-corrected chi connectivity index (χ1v) is 10.8. The molecule has 1 aliphatic heterocycles. The Morgan fingerprint density at radius 2 is 2.19 bits per heavy atom. The molecule has 1 fully saturated rings. The average Bonchev–Trinajstić information content (AvgIpc) is 3.41. The van der Waals surface area contributed by atoms with Crippen LogP contribution in [0.15, 0.2) is 31.8 Å². The maximum Gasteiger partial charge on any atom is 0.325 e. The predicted molar refractivity (Wildman–Crippen MR) is 103 cm³/mol. The number of hydrogen-bond donors (Lipinski definition) is 1. The Morgan fingerprint density at radius 3 is 3.00 bits per heavy atom. The Kier molecular flexibility index (Phi) is 3.95. The van der Waals surface area contributed by atoms with E-state index in [4.69, 9.17) is 4.42 Å². The zero-order chi connectivity index (χ0) is 18.6. The molecule has 1 saturated heterocycles. The molecule has 1 aliphatic carbocycles. The van der Waals surface area contributed by atoms with Crippen molar-refractivity contribution in [2.45, 2.75) is 31.3 Å². The summed E-state index contributed by atoms with van der Waals surface area (Å²) >= 11 is 6.50. The monoisotopic (exact) mass is 464 g/mol. The highest BCUT2D eigenvalue weighted by Gasteiger charge is 2.54. The van der Waals surface area contributed by atoms with Crippen LogP contribution in [-0.4, -0.2) is 27.0 Å². The number of aromatic nitrogens is 2. The van der Waals surface area contributed by atoms with Crippen LogP contribution in [0.25, 0.3) is 10.8 Å². The molecule has 3 aromatic rings. The minimum absolute atomic E-state index is 0.0363. The molecule has 1 spiro atoms. The van der Waals surface area contributed by atoms with Gasteiger partial charge in [0.1, 0.15) is 12.1 Å². The number of hydrogen-bond acceptors (Lipinski definition) is 7. The van der Waals surface area contributed by atoms with E-state index in [1.807, 2.05) is 23.6 Å². The summed E-state index contributed by atoms with van der Waals surface area (Å²) in [7, 11) is 0. The van der Waals surface area contributed by atoms with E-state index in [9.17, 15) is 9.59 Å². The van der Waals surface area contributed by atoms with Crippen LogP contribution < -0.4 is 5.32 Å². The second kappa shape index (κ2) is 6.25. The molecule has 0 unspecified atom stereocenters. The van der Waals surface area contributed by atoms with Gasteiger partial charge in [-0.1, -0.05) is 0 Å². The summed E-state index contributed by atoms with van der Waals surface area (Å²) in [5.41, 5.74) is -0.0270. The second-order valence-corrected chi connectivity index (χ2v) is 9.91. The molecule has 5 rings (SSSR count). The Morgan fingerprint density at radius 1 is 1.30 bits per heavy atom. The zero-order valence-corrected chi connectivity index (χ0v) is 17.1. The summed E-state index contributed by atoms with van der Waals surface area (Å²) in [6, 6.07) is 5.29. The molecule has 10 heteroatoms. The van der Waals surface area contributed by atoms with Gasteiger partial charge >= 0.3 is 6.03 Å². The first kappa shape index (κ1) is 17.1. The number of amides is 3. The third-order valence-corrected chi connectivity index (χ3v) is 7.47. The highest BCUT2D eigenvalue weighted by Crippen LogP contribution is 2.42. The van der Waals surface area contributed by atoms with Crippen LogP contribution in [0.5, 0.6) is 0 Å². The molecule has 0 aromatic carbocycles. The molecule has 0 saturated carbocycles. The molecule has 0 bridgehead atoms. The number of aryl methyl sites for hydroxylation is 1. The fourth-order valence-corrected chi connectivity index (χ4v) is 5.97. The number of halogens is 1. The standard InChI is InChI=1S/C17H13BrN4O3S2/c18-12-4-3-11(27-12)14-21-20-13(25-14)8-22-15(23)17(19-16(22)24)6-1-2-10-9(17)5-7-26-10/h3-5,7H,1-2,6,8H2,(H,19,24)/t17-/m0/s1. The van der Waals surface area contributed by atoms with Gasteiger partial charge in [-0.05, 0) is 58.8 Å². The molecule has 3 amide bonds. The topological polar surface area (TPSA) is 88.3 Å². The van der Waals surface area contributed by atoms with Crippen molar-refractivity contribution in [3.8, 4) is 10.8 Å². The van der Waals surface area contributed by atoms with Crippen molar-refractivity contribution in [1.29, 1.82) is 0 Å². The third kappa shape index (κ3) is 2.66. The highest BCUT2D eigenvalue weighted by atomic mass is 79.9. The van der Waals surface area contributed by atoms with Crippen molar-refractivity contribution in [2.75, 3.05) is 0 Å². The molecule has 27 heavy (non-hydrogen) atoms. The van der Waals surface area contributed by atoms with Gasteiger partial charge in [0, 0.05) is 10.4 Å². The lowest BCUT2D eigenvalue weighted by Gasteiger charge is -2.31. The summed E-state index contributed by atoms with van der Waals surface area (Å²) in [5.74, 6) is 0.363. The first-order chi connectivity index (χ1) is 13.1. The van der Waals surface area contributed by atoms with Gasteiger partial charge in [0.25, 0.3) is 11.8 Å². The molecule has 7 nitrogen and oxygen atoms in total. The van der Waals surface area contributed by atoms with Gasteiger partial charge in [0.2, 0.25) is 5.89 Å². The van der Waals surface area contributed by atoms with E-state index in [1.165, 1.54) is 21.1 Å². The van der Waals surface area contributed by atoms with Crippen molar-refractivity contribution < 1.29 is 14.0 Å². The van der Waals surface area contributed by atoms with E-state index in [0.717, 1.165) is 27.1 Å². The van der Waals surface area contributed by atoms with Gasteiger partial charge in [-0.3, -0.25) is 9.69 Å². The van der Waals surface area contributed by atoms with Crippen LogP contribution in [0.4, 0.5) is 4.79 Å². The van der Waals surface area contributed by atoms with Gasteiger partial charge in [0.15, 0.2) is 0 Å². The van der Waals surface area contributed by atoms with Crippen LogP contribution in [-0.2, 0) is 23.3 Å². The Balaban J connectivity index is 1.42. The van der Waals surface area contributed by atoms with Gasteiger partial charge in [-0.2, -0.15) is 0 Å². The number of carbonyl (C=O) groups is 2. The number of carbonyl (C=O) groups excluding carboxylic acids is 2. The maximum atomic E-state index is 13.2. The third-order valence-electron chi connectivity index (χ3n) is 4.88. The van der Waals surface area contributed by atoms with Gasteiger partial charge in [-0.15, -0.1) is 32.9 Å². The normalized spacial score (nSPS) is 21.7. The molecule has 3 aromatic heterocycles. The number of rotatable bonds is 3. The van der Waals surface area contributed by atoms with Crippen molar-refractivity contribution in [3.05, 3.63) is 43.7 Å². The number of urea groups is 1. The van der Waals surface area contributed by atoms with E-state index in [1.54, 1.807) is 11.3 Å². The molecule has 0 radical (unpaired) electrons. The fourth-order valence-electron chi connectivity index (χ4n) is 3.67. The Hall–Kier alpha value is -2.04. The molecule has 1 atom stereocenters. The van der Waals surface area contributed by atoms with Gasteiger partial charge < -0.3 is 9.73 Å². The minimum atomic E-state index is -0.952. The number of nitrogens with zero attached hydrogens (tertiary/aromatic N) is 3. The van der Waals surface area contributed by atoms with Gasteiger partial charge in [0.05, 0.1) is 8.66 Å². The smallest absolute Gasteiger partial charge is 0.325 e. The van der Waals surface area contributed by atoms with E-state index >= 15 is 0 Å². The molecule has 138 valence electrons. The number of nitrogens with one attached hydrogen (secondary N) is 1. The summed E-state index contributed by atoms with van der Waals surface area (Å²) < 4.78 is 6.62.